The molecule has 214 valence electrons. The molecule has 0 spiro atoms. The molecule has 0 saturated carbocycles. The van der Waals surface area contributed by atoms with Crippen molar-refractivity contribution in [3.63, 3.8) is 0 Å². The van der Waals surface area contributed by atoms with Gasteiger partial charge in [0.2, 0.25) is 0 Å². The van der Waals surface area contributed by atoms with E-state index in [-0.39, 0.29) is 0 Å². The summed E-state index contributed by atoms with van der Waals surface area (Å²) in [4.78, 5) is 2.38. The Kier molecular flexibility index (Phi) is 6.17. The lowest BCUT2D eigenvalue weighted by Crippen LogP contribution is -2.16. The molecule has 0 radical (unpaired) electrons. The molecule has 0 atom stereocenters. The summed E-state index contributed by atoms with van der Waals surface area (Å²) < 4.78 is 9.06. The molecule has 0 unspecified atom stereocenters. The molecular formula is C42H29NOS. The van der Waals surface area contributed by atoms with Crippen molar-refractivity contribution in [3.05, 3.63) is 157 Å². The van der Waals surface area contributed by atoms with E-state index in [0.717, 1.165) is 46.2 Å². The van der Waals surface area contributed by atoms with E-state index in [1.165, 1.54) is 48.1 Å². The van der Waals surface area contributed by atoms with Crippen molar-refractivity contribution < 1.29 is 4.42 Å². The van der Waals surface area contributed by atoms with Gasteiger partial charge in [-0.25, -0.2) is 0 Å². The van der Waals surface area contributed by atoms with Gasteiger partial charge < -0.3 is 9.32 Å². The lowest BCUT2D eigenvalue weighted by molar-refractivity contribution is 0.673. The van der Waals surface area contributed by atoms with Gasteiger partial charge in [-0.05, 0) is 78.1 Å². The molecule has 2 nitrogen and oxygen atoms in total. The first-order valence-electron chi connectivity index (χ1n) is 15.5. The molecule has 2 heterocycles. The average Bonchev–Trinajstić information content (AvgIpc) is 3.68. The molecule has 1 aliphatic rings. The summed E-state index contributed by atoms with van der Waals surface area (Å²) >= 11 is 1.85. The van der Waals surface area contributed by atoms with E-state index in [2.05, 4.69) is 151 Å². The molecule has 3 heteroatoms. The van der Waals surface area contributed by atoms with Gasteiger partial charge in [-0.2, -0.15) is 0 Å². The number of rotatable bonds is 5. The number of nitrogens with zero attached hydrogens (tertiary/aromatic N) is 1. The van der Waals surface area contributed by atoms with E-state index in [9.17, 15) is 0 Å². The highest BCUT2D eigenvalue weighted by molar-refractivity contribution is 7.26. The van der Waals surface area contributed by atoms with Crippen LogP contribution in [-0.2, 0) is 0 Å². The first-order chi connectivity index (χ1) is 22.3. The molecule has 0 amide bonds. The molecule has 0 N–H and O–H groups in total. The predicted molar refractivity (Wildman–Crippen MR) is 193 cm³/mol. The van der Waals surface area contributed by atoms with E-state index in [4.69, 9.17) is 4.42 Å². The fourth-order valence-electron chi connectivity index (χ4n) is 6.74. The number of para-hydroxylation sites is 1. The van der Waals surface area contributed by atoms with Crippen LogP contribution in [0.15, 0.2) is 162 Å². The van der Waals surface area contributed by atoms with Crippen LogP contribution in [-0.4, -0.2) is 0 Å². The molecule has 0 bridgehead atoms. The third-order valence-electron chi connectivity index (χ3n) is 8.87. The number of allylic oxidation sites excluding steroid dienone is 3. The van der Waals surface area contributed by atoms with Crippen LogP contribution in [0.1, 0.15) is 12.8 Å². The molecule has 8 aromatic rings. The highest BCUT2D eigenvalue weighted by Crippen LogP contribution is 2.47. The van der Waals surface area contributed by atoms with Crippen molar-refractivity contribution in [2.45, 2.75) is 12.8 Å². The van der Waals surface area contributed by atoms with Crippen LogP contribution in [0.25, 0.3) is 64.4 Å². The molecule has 9 rings (SSSR count). The SMILES string of the molecule is C1=CC(N(c2ccc(-c3cc4c5ccccc5oc4c4c3sc3ccccc34)cc2)c2cccc(-c3ccccc3)c2)=CCC1. The van der Waals surface area contributed by atoms with Gasteiger partial charge in [0.25, 0.3) is 0 Å². The maximum absolute atomic E-state index is 6.52. The quantitative estimate of drug-likeness (QED) is 0.197. The van der Waals surface area contributed by atoms with Crippen molar-refractivity contribution in [1.29, 1.82) is 0 Å². The number of furan rings is 1. The lowest BCUT2D eigenvalue weighted by atomic mass is 9.98. The van der Waals surface area contributed by atoms with Crippen molar-refractivity contribution in [2.24, 2.45) is 0 Å². The van der Waals surface area contributed by atoms with Crippen LogP contribution in [0.3, 0.4) is 0 Å². The van der Waals surface area contributed by atoms with Gasteiger partial charge in [-0.15, -0.1) is 11.3 Å². The third-order valence-corrected chi connectivity index (χ3v) is 10.1. The largest absolute Gasteiger partial charge is 0.455 e. The second kappa shape index (κ2) is 10.7. The van der Waals surface area contributed by atoms with Crippen molar-refractivity contribution >= 4 is 64.8 Å². The minimum absolute atomic E-state index is 0.929. The topological polar surface area (TPSA) is 16.4 Å². The normalized spacial score (nSPS) is 13.2. The molecule has 0 aliphatic heterocycles. The lowest BCUT2D eigenvalue weighted by Gasteiger charge is -2.28. The number of anilines is 2. The molecule has 0 fully saturated rings. The molecule has 2 aromatic heterocycles. The Bertz CT molecular complexity index is 2430. The Morgan fingerprint density at radius 3 is 2.20 bits per heavy atom. The Balaban J connectivity index is 1.21. The number of fused-ring (bicyclic) bond motifs is 7. The average molecular weight is 596 g/mol. The minimum atomic E-state index is 0.929. The second-order valence-corrected chi connectivity index (χ2v) is 12.7. The fourth-order valence-corrected chi connectivity index (χ4v) is 7.98. The van der Waals surface area contributed by atoms with Gasteiger partial charge >= 0.3 is 0 Å². The van der Waals surface area contributed by atoms with E-state index in [0.29, 0.717) is 0 Å². The van der Waals surface area contributed by atoms with Crippen LogP contribution in [0.4, 0.5) is 11.4 Å². The van der Waals surface area contributed by atoms with E-state index < -0.39 is 0 Å². The van der Waals surface area contributed by atoms with Crippen LogP contribution in [0, 0.1) is 0 Å². The Morgan fingerprint density at radius 2 is 1.36 bits per heavy atom. The maximum Gasteiger partial charge on any atom is 0.144 e. The van der Waals surface area contributed by atoms with E-state index >= 15 is 0 Å². The Hall–Kier alpha value is -5.38. The maximum atomic E-state index is 6.52. The summed E-state index contributed by atoms with van der Waals surface area (Å²) in [7, 11) is 0. The highest BCUT2D eigenvalue weighted by Gasteiger charge is 2.20. The van der Waals surface area contributed by atoms with Gasteiger partial charge in [-0.3, -0.25) is 0 Å². The zero-order valence-electron chi connectivity index (χ0n) is 24.6. The van der Waals surface area contributed by atoms with Crippen LogP contribution in [0.5, 0.6) is 0 Å². The first kappa shape index (κ1) is 26.1. The molecule has 6 aromatic carbocycles. The highest BCUT2D eigenvalue weighted by atomic mass is 32.1. The zero-order chi connectivity index (χ0) is 29.7. The minimum Gasteiger partial charge on any atom is -0.455 e. The number of benzene rings is 6. The molecular weight excluding hydrogens is 567 g/mol. The van der Waals surface area contributed by atoms with Gasteiger partial charge in [-0.1, -0.05) is 103 Å². The van der Waals surface area contributed by atoms with Crippen LogP contribution < -0.4 is 4.90 Å². The predicted octanol–water partition coefficient (Wildman–Crippen LogP) is 12.7. The Morgan fingerprint density at radius 1 is 0.578 bits per heavy atom. The van der Waals surface area contributed by atoms with Gasteiger partial charge in [0.1, 0.15) is 11.2 Å². The summed E-state index contributed by atoms with van der Waals surface area (Å²) in [6.45, 7) is 0. The van der Waals surface area contributed by atoms with Crippen LogP contribution >= 0.6 is 11.3 Å². The summed E-state index contributed by atoms with van der Waals surface area (Å²) in [5.74, 6) is 0. The second-order valence-electron chi connectivity index (χ2n) is 11.6. The summed E-state index contributed by atoms with van der Waals surface area (Å²) in [6, 6.07) is 48.0. The van der Waals surface area contributed by atoms with E-state index in [1.807, 2.05) is 17.4 Å². The number of hydrogen-bond donors (Lipinski definition) is 0. The first-order valence-corrected chi connectivity index (χ1v) is 16.3. The fraction of sp³-hybridized carbons (Fsp3) is 0.0476. The number of hydrogen-bond acceptors (Lipinski definition) is 3. The van der Waals surface area contributed by atoms with Crippen molar-refractivity contribution in [1.82, 2.24) is 0 Å². The zero-order valence-corrected chi connectivity index (χ0v) is 25.4. The third kappa shape index (κ3) is 4.39. The molecule has 45 heavy (non-hydrogen) atoms. The molecule has 0 saturated heterocycles. The number of thiophene rings is 1. The van der Waals surface area contributed by atoms with Crippen molar-refractivity contribution in [3.8, 4) is 22.3 Å². The van der Waals surface area contributed by atoms with Crippen LogP contribution in [0.2, 0.25) is 0 Å². The summed E-state index contributed by atoms with van der Waals surface area (Å²) in [5, 5.41) is 4.78. The van der Waals surface area contributed by atoms with Gasteiger partial charge in [0.05, 0.1) is 0 Å². The van der Waals surface area contributed by atoms with Gasteiger partial charge in [0, 0.05) is 53.6 Å². The van der Waals surface area contributed by atoms with E-state index in [1.54, 1.807) is 0 Å². The van der Waals surface area contributed by atoms with Crippen molar-refractivity contribution in [2.75, 3.05) is 4.90 Å². The summed E-state index contributed by atoms with van der Waals surface area (Å²) in [6.07, 6.45) is 9.01. The standard InChI is InChI=1S/C42H29NOS/c1-3-12-28(13-4-1)30-14-11-17-33(26-30)43(31-15-5-2-6-16-31)32-24-22-29(23-25-32)36-27-37-34-18-7-9-20-38(34)44-41(37)40-35-19-8-10-21-39(35)45-42(36)40/h1,3-5,7-27H,2,6H2. The van der Waals surface area contributed by atoms with Gasteiger partial charge in [0.15, 0.2) is 0 Å². The summed E-state index contributed by atoms with van der Waals surface area (Å²) in [5.41, 5.74) is 10.3. The monoisotopic (exact) mass is 595 g/mol. The Labute approximate surface area is 265 Å². The smallest absolute Gasteiger partial charge is 0.144 e. The molecule has 1 aliphatic carbocycles.